The molecule has 0 bridgehead atoms. The van der Waals surface area contributed by atoms with Crippen molar-refractivity contribution in [3.63, 3.8) is 0 Å². The Morgan fingerprint density at radius 2 is 1.95 bits per heavy atom. The zero-order valence-electron chi connectivity index (χ0n) is 13.5. The van der Waals surface area contributed by atoms with E-state index in [9.17, 15) is 0 Å². The topological polar surface area (TPSA) is 79.7 Å². The fourth-order valence-electron chi connectivity index (χ4n) is 2.03. The molecule has 2 rings (SSSR count). The predicted molar refractivity (Wildman–Crippen MR) is 87.1 cm³/mol. The Morgan fingerprint density at radius 3 is 2.52 bits per heavy atom. The maximum absolute atomic E-state index is 6.41. The summed E-state index contributed by atoms with van der Waals surface area (Å²) in [7, 11) is -1.91. The third kappa shape index (κ3) is 3.17. The van der Waals surface area contributed by atoms with Gasteiger partial charge in [-0.25, -0.2) is 0 Å². The van der Waals surface area contributed by atoms with Gasteiger partial charge in [0, 0.05) is 6.54 Å². The van der Waals surface area contributed by atoms with Crippen LogP contribution in [0.4, 0.5) is 5.69 Å². The van der Waals surface area contributed by atoms with Crippen LogP contribution in [0.25, 0.3) is 0 Å². The van der Waals surface area contributed by atoms with E-state index >= 15 is 0 Å². The fourth-order valence-corrected chi connectivity index (χ4v) is 3.33. The van der Waals surface area contributed by atoms with Gasteiger partial charge in [0.25, 0.3) is 0 Å². The molecule has 0 saturated carbocycles. The summed E-state index contributed by atoms with van der Waals surface area (Å²) in [6.45, 7) is 11.7. The summed E-state index contributed by atoms with van der Waals surface area (Å²) in [5.74, 6) is 1.28. The number of benzene rings is 1. The molecule has 0 spiro atoms. The van der Waals surface area contributed by atoms with Gasteiger partial charge in [0.2, 0.25) is 6.79 Å². The number of ether oxygens (including phenoxy) is 2. The zero-order chi connectivity index (χ0) is 15.8. The van der Waals surface area contributed by atoms with E-state index in [0.717, 1.165) is 5.56 Å². The van der Waals surface area contributed by atoms with Gasteiger partial charge in [0.15, 0.2) is 19.8 Å². The summed E-state index contributed by atoms with van der Waals surface area (Å²) in [4.78, 5) is 0. The smallest absolute Gasteiger partial charge is 0.231 e. The Bertz CT molecular complexity index is 526. The molecule has 1 aliphatic heterocycles. The molecule has 4 N–H and O–H groups in total. The maximum Gasteiger partial charge on any atom is 0.231 e. The van der Waals surface area contributed by atoms with E-state index in [1.54, 1.807) is 0 Å². The van der Waals surface area contributed by atoms with Gasteiger partial charge >= 0.3 is 0 Å². The Labute approximate surface area is 127 Å². The highest BCUT2D eigenvalue weighted by Crippen LogP contribution is 2.43. The Hall–Kier alpha value is -1.24. The largest absolute Gasteiger partial charge is 0.453 e. The molecule has 0 saturated heterocycles. The van der Waals surface area contributed by atoms with Crippen molar-refractivity contribution in [2.24, 2.45) is 5.73 Å². The normalized spacial score (nSPS) is 16.1. The summed E-state index contributed by atoms with van der Waals surface area (Å²) in [5, 5.41) is 0.127. The van der Waals surface area contributed by atoms with Crippen LogP contribution in [-0.2, 0) is 4.43 Å². The maximum atomic E-state index is 6.41. The number of nitrogens with two attached hydrogens (primary N) is 2. The average molecular weight is 310 g/mol. The highest BCUT2D eigenvalue weighted by atomic mass is 28.4. The lowest BCUT2D eigenvalue weighted by atomic mass is 10.1. The van der Waals surface area contributed by atoms with Crippen LogP contribution in [-0.4, -0.2) is 21.7 Å². The van der Waals surface area contributed by atoms with Gasteiger partial charge in [-0.3, -0.25) is 0 Å². The Balaban J connectivity index is 2.29. The first-order chi connectivity index (χ1) is 9.65. The van der Waals surface area contributed by atoms with Crippen molar-refractivity contribution in [3.05, 3.63) is 17.7 Å². The van der Waals surface area contributed by atoms with Crippen molar-refractivity contribution in [2.45, 2.75) is 45.0 Å². The third-order valence-corrected chi connectivity index (χ3v) is 8.84. The highest BCUT2D eigenvalue weighted by Gasteiger charge is 2.39. The van der Waals surface area contributed by atoms with Crippen LogP contribution in [0, 0.1) is 0 Å². The molecular formula is C15H26N2O3Si. The second-order valence-electron chi connectivity index (χ2n) is 6.95. The minimum Gasteiger partial charge on any atom is -0.453 e. The molecule has 118 valence electrons. The van der Waals surface area contributed by atoms with Gasteiger partial charge in [0.05, 0.1) is 11.8 Å². The Morgan fingerprint density at radius 1 is 1.29 bits per heavy atom. The van der Waals surface area contributed by atoms with Crippen molar-refractivity contribution < 1.29 is 13.9 Å². The zero-order valence-corrected chi connectivity index (χ0v) is 14.5. The van der Waals surface area contributed by atoms with Crippen LogP contribution in [0.2, 0.25) is 18.1 Å². The van der Waals surface area contributed by atoms with Crippen LogP contribution in [0.15, 0.2) is 12.1 Å². The monoisotopic (exact) mass is 310 g/mol. The molecular weight excluding hydrogens is 284 g/mol. The van der Waals surface area contributed by atoms with E-state index in [4.69, 9.17) is 25.4 Å². The summed E-state index contributed by atoms with van der Waals surface area (Å²) < 4.78 is 17.2. The van der Waals surface area contributed by atoms with Gasteiger partial charge < -0.3 is 25.4 Å². The van der Waals surface area contributed by atoms with Crippen LogP contribution in [0.5, 0.6) is 11.5 Å². The molecule has 1 aromatic carbocycles. The van der Waals surface area contributed by atoms with Gasteiger partial charge in [-0.05, 0) is 35.8 Å². The first kappa shape index (κ1) is 16.1. The van der Waals surface area contributed by atoms with Crippen molar-refractivity contribution in [3.8, 4) is 11.5 Å². The van der Waals surface area contributed by atoms with Crippen LogP contribution in [0.3, 0.4) is 0 Å². The molecule has 1 heterocycles. The van der Waals surface area contributed by atoms with E-state index in [-0.39, 0.29) is 17.9 Å². The van der Waals surface area contributed by atoms with Crippen molar-refractivity contribution in [2.75, 3.05) is 19.1 Å². The van der Waals surface area contributed by atoms with Gasteiger partial charge in [-0.1, -0.05) is 20.8 Å². The fraction of sp³-hybridized carbons (Fsp3) is 0.600. The summed E-state index contributed by atoms with van der Waals surface area (Å²) >= 11 is 0. The number of hydrogen-bond donors (Lipinski definition) is 2. The first-order valence-electron chi connectivity index (χ1n) is 7.22. The minimum atomic E-state index is -1.91. The quantitative estimate of drug-likeness (QED) is 0.660. The average Bonchev–Trinajstić information content (AvgIpc) is 2.83. The Kier molecular flexibility index (Phi) is 4.23. The SMILES string of the molecule is CC(C)(C)[Si](C)(C)OC(CN)c1cc(N)c2c(c1)OCO2. The standard InChI is InChI=1S/C15H26N2O3Si/c1-15(2,3)21(4,5)20-13(8-16)10-6-11(17)14-12(7-10)18-9-19-14/h6-7,13H,8-9,16-17H2,1-5H3. The number of rotatable bonds is 4. The molecule has 1 unspecified atom stereocenters. The molecule has 21 heavy (non-hydrogen) atoms. The predicted octanol–water partition coefficient (Wildman–Crippen LogP) is 3.02. The van der Waals surface area contributed by atoms with Crippen molar-refractivity contribution in [1.82, 2.24) is 0 Å². The number of nitrogen functional groups attached to an aromatic ring is 1. The lowest BCUT2D eigenvalue weighted by Crippen LogP contribution is -2.43. The molecule has 5 nitrogen and oxygen atoms in total. The molecule has 0 aliphatic carbocycles. The van der Waals surface area contributed by atoms with Crippen LogP contribution >= 0.6 is 0 Å². The highest BCUT2D eigenvalue weighted by molar-refractivity contribution is 6.74. The molecule has 0 aromatic heterocycles. The van der Waals surface area contributed by atoms with Gasteiger partial charge in [-0.15, -0.1) is 0 Å². The molecule has 0 fully saturated rings. The molecule has 1 aliphatic rings. The van der Waals surface area contributed by atoms with E-state index < -0.39 is 8.32 Å². The number of anilines is 1. The lowest BCUT2D eigenvalue weighted by Gasteiger charge is -2.39. The third-order valence-electron chi connectivity index (χ3n) is 4.35. The summed E-state index contributed by atoms with van der Waals surface area (Å²) in [6.07, 6.45) is -0.178. The molecule has 1 aromatic rings. The molecule has 0 radical (unpaired) electrons. The molecule has 6 heteroatoms. The number of hydrogen-bond acceptors (Lipinski definition) is 5. The van der Waals surface area contributed by atoms with E-state index in [1.165, 1.54) is 0 Å². The van der Waals surface area contributed by atoms with Gasteiger partial charge in [-0.2, -0.15) is 0 Å². The van der Waals surface area contributed by atoms with Crippen molar-refractivity contribution >= 4 is 14.0 Å². The molecule has 0 amide bonds. The second kappa shape index (κ2) is 5.51. The lowest BCUT2D eigenvalue weighted by molar-refractivity contribution is 0.173. The van der Waals surface area contributed by atoms with Crippen LogP contribution in [0.1, 0.15) is 32.4 Å². The minimum absolute atomic E-state index is 0.127. The summed E-state index contributed by atoms with van der Waals surface area (Å²) in [5.41, 5.74) is 13.5. The molecule has 1 atom stereocenters. The van der Waals surface area contributed by atoms with E-state index in [2.05, 4.69) is 33.9 Å². The summed E-state index contributed by atoms with van der Waals surface area (Å²) in [6, 6.07) is 3.79. The van der Waals surface area contributed by atoms with E-state index in [0.29, 0.717) is 23.7 Å². The van der Waals surface area contributed by atoms with Crippen molar-refractivity contribution in [1.29, 1.82) is 0 Å². The van der Waals surface area contributed by atoms with Gasteiger partial charge in [0.1, 0.15) is 0 Å². The van der Waals surface area contributed by atoms with Crippen LogP contribution < -0.4 is 20.9 Å². The number of fused-ring (bicyclic) bond motifs is 1. The van der Waals surface area contributed by atoms with E-state index in [1.807, 2.05) is 12.1 Å². The first-order valence-corrected chi connectivity index (χ1v) is 10.1. The second-order valence-corrected chi connectivity index (χ2v) is 11.7.